The van der Waals surface area contributed by atoms with E-state index in [4.69, 9.17) is 10.2 Å². The molecule has 0 saturated heterocycles. The molecule has 0 saturated carbocycles. The van der Waals surface area contributed by atoms with Crippen LogP contribution in [0.25, 0.3) is 10.9 Å². The van der Waals surface area contributed by atoms with Crippen LogP contribution in [-0.2, 0) is 0 Å². The molecule has 1 heterocycles. The number of hydrogen-bond donors (Lipinski definition) is 2. The molecule has 2 aromatic rings. The summed E-state index contributed by atoms with van der Waals surface area (Å²) in [6.07, 6.45) is 0. The predicted octanol–water partition coefficient (Wildman–Crippen LogP) is 1.92. The largest absolute Gasteiger partial charge is 0.493 e. The lowest BCUT2D eigenvalue weighted by atomic mass is 10.1. The van der Waals surface area contributed by atoms with Crippen LogP contribution in [0.1, 0.15) is 10.4 Å². The Kier molecular flexibility index (Phi) is 2.19. The summed E-state index contributed by atoms with van der Waals surface area (Å²) in [5, 5.41) is 17.9. The van der Waals surface area contributed by atoms with Gasteiger partial charge in [-0.15, -0.1) is 0 Å². The second-order valence-electron chi connectivity index (χ2n) is 3.09. The van der Waals surface area contributed by atoms with E-state index in [0.717, 1.165) is 18.2 Å². The average molecular weight is 225 g/mol. The van der Waals surface area contributed by atoms with Crippen molar-refractivity contribution in [2.45, 2.75) is 0 Å². The van der Waals surface area contributed by atoms with E-state index in [1.54, 1.807) is 0 Å². The van der Waals surface area contributed by atoms with Crippen LogP contribution >= 0.6 is 0 Å². The van der Waals surface area contributed by atoms with Crippen molar-refractivity contribution in [3.05, 3.63) is 35.4 Å². The predicted molar refractivity (Wildman–Crippen MR) is 50.3 cm³/mol. The number of halogens is 2. The Bertz CT molecular complexity index is 598. The summed E-state index contributed by atoms with van der Waals surface area (Å²) in [4.78, 5) is 14.2. The van der Waals surface area contributed by atoms with Gasteiger partial charge in [0.15, 0.2) is 11.6 Å². The molecule has 0 radical (unpaired) electrons. The Balaban J connectivity index is 2.94. The smallest absolute Gasteiger partial charge is 0.336 e. The zero-order valence-corrected chi connectivity index (χ0v) is 7.74. The summed E-state index contributed by atoms with van der Waals surface area (Å²) in [6.45, 7) is 0. The van der Waals surface area contributed by atoms with E-state index in [1.165, 1.54) is 0 Å². The van der Waals surface area contributed by atoms with Gasteiger partial charge < -0.3 is 10.2 Å². The molecule has 1 aromatic carbocycles. The molecule has 1 aromatic heterocycles. The van der Waals surface area contributed by atoms with Gasteiger partial charge in [0.05, 0.1) is 5.56 Å². The summed E-state index contributed by atoms with van der Waals surface area (Å²) in [6, 6.07) is 2.79. The minimum Gasteiger partial charge on any atom is -0.493 e. The minimum absolute atomic E-state index is 0.0656. The maximum absolute atomic E-state index is 13.3. The third kappa shape index (κ3) is 1.44. The van der Waals surface area contributed by atoms with Gasteiger partial charge in [0.1, 0.15) is 5.52 Å². The Morgan fingerprint density at radius 1 is 1.31 bits per heavy atom. The number of pyridine rings is 1. The number of carboxylic acid groups (broad SMARTS) is 1. The van der Waals surface area contributed by atoms with Gasteiger partial charge in [-0.25, -0.2) is 18.6 Å². The van der Waals surface area contributed by atoms with E-state index in [1.807, 2.05) is 0 Å². The van der Waals surface area contributed by atoms with E-state index >= 15 is 0 Å². The SMILES string of the molecule is O=C(O)c1cc(O)nc2c(F)c(F)ccc12. The molecule has 2 N–H and O–H groups in total. The third-order valence-corrected chi connectivity index (χ3v) is 2.09. The summed E-state index contributed by atoms with van der Waals surface area (Å²) >= 11 is 0. The quantitative estimate of drug-likeness (QED) is 0.777. The highest BCUT2D eigenvalue weighted by Gasteiger charge is 2.16. The van der Waals surface area contributed by atoms with Gasteiger partial charge in [-0.05, 0) is 12.1 Å². The van der Waals surface area contributed by atoms with E-state index in [9.17, 15) is 13.6 Å². The lowest BCUT2D eigenvalue weighted by Gasteiger charge is -2.04. The maximum atomic E-state index is 13.3. The van der Waals surface area contributed by atoms with Crippen molar-refractivity contribution in [3.63, 3.8) is 0 Å². The number of nitrogens with zero attached hydrogens (tertiary/aromatic N) is 1. The molecule has 0 aliphatic rings. The van der Waals surface area contributed by atoms with Crippen molar-refractivity contribution < 1.29 is 23.8 Å². The molecule has 0 spiro atoms. The van der Waals surface area contributed by atoms with Crippen molar-refractivity contribution in [1.82, 2.24) is 4.98 Å². The molecular weight excluding hydrogens is 220 g/mol. The Morgan fingerprint density at radius 2 is 2.00 bits per heavy atom. The standard InChI is InChI=1S/C10H5F2NO3/c11-6-2-1-4-5(10(15)16)3-7(14)13-9(4)8(6)12/h1-3H,(H,13,14)(H,15,16). The maximum Gasteiger partial charge on any atom is 0.336 e. The first kappa shape index (κ1) is 10.3. The summed E-state index contributed by atoms with van der Waals surface area (Å²) in [5.74, 6) is -4.46. The van der Waals surface area contributed by atoms with Gasteiger partial charge in [-0.3, -0.25) is 0 Å². The molecule has 2 rings (SSSR count). The Morgan fingerprint density at radius 3 is 2.62 bits per heavy atom. The highest BCUT2D eigenvalue weighted by atomic mass is 19.2. The molecule has 0 aliphatic carbocycles. The molecule has 0 fully saturated rings. The number of rotatable bonds is 1. The lowest BCUT2D eigenvalue weighted by Crippen LogP contribution is -2.00. The zero-order chi connectivity index (χ0) is 11.9. The fourth-order valence-corrected chi connectivity index (χ4v) is 1.40. The van der Waals surface area contributed by atoms with Gasteiger partial charge in [-0.1, -0.05) is 0 Å². The topological polar surface area (TPSA) is 70.4 Å². The van der Waals surface area contributed by atoms with Crippen molar-refractivity contribution in [2.24, 2.45) is 0 Å². The van der Waals surface area contributed by atoms with E-state index < -0.39 is 29.0 Å². The van der Waals surface area contributed by atoms with E-state index in [-0.39, 0.29) is 10.9 Å². The summed E-state index contributed by atoms with van der Waals surface area (Å²) in [5.41, 5.74) is -0.834. The van der Waals surface area contributed by atoms with Crippen LogP contribution in [0.15, 0.2) is 18.2 Å². The Labute approximate surface area is 87.8 Å². The molecule has 4 nitrogen and oxygen atoms in total. The minimum atomic E-state index is -1.35. The summed E-state index contributed by atoms with van der Waals surface area (Å²) in [7, 11) is 0. The number of aromatic carboxylic acids is 1. The Hall–Kier alpha value is -2.24. The molecular formula is C10H5F2NO3. The van der Waals surface area contributed by atoms with Crippen LogP contribution in [0.5, 0.6) is 5.88 Å². The first-order chi connectivity index (χ1) is 7.50. The van der Waals surface area contributed by atoms with Crippen LogP contribution in [-0.4, -0.2) is 21.2 Å². The highest BCUT2D eigenvalue weighted by Crippen LogP contribution is 2.25. The van der Waals surface area contributed by atoms with Crippen LogP contribution in [0.3, 0.4) is 0 Å². The number of aromatic nitrogens is 1. The first-order valence-electron chi connectivity index (χ1n) is 4.21. The number of hydrogen-bond acceptors (Lipinski definition) is 3. The number of carboxylic acids is 1. The molecule has 82 valence electrons. The number of fused-ring (bicyclic) bond motifs is 1. The third-order valence-electron chi connectivity index (χ3n) is 2.09. The van der Waals surface area contributed by atoms with Crippen LogP contribution in [0.4, 0.5) is 8.78 Å². The zero-order valence-electron chi connectivity index (χ0n) is 7.74. The number of carbonyl (C=O) groups is 1. The fourth-order valence-electron chi connectivity index (χ4n) is 1.40. The normalized spacial score (nSPS) is 10.6. The molecule has 0 bridgehead atoms. The van der Waals surface area contributed by atoms with Gasteiger partial charge >= 0.3 is 5.97 Å². The molecule has 16 heavy (non-hydrogen) atoms. The monoisotopic (exact) mass is 225 g/mol. The molecule has 0 unspecified atom stereocenters. The van der Waals surface area contributed by atoms with Crippen molar-refractivity contribution in [3.8, 4) is 5.88 Å². The summed E-state index contributed by atoms with van der Waals surface area (Å²) < 4.78 is 26.1. The second-order valence-corrected chi connectivity index (χ2v) is 3.09. The average Bonchev–Trinajstić information content (AvgIpc) is 2.23. The molecule has 0 amide bonds. The van der Waals surface area contributed by atoms with Gasteiger partial charge in [0, 0.05) is 11.5 Å². The van der Waals surface area contributed by atoms with Crippen molar-refractivity contribution >= 4 is 16.9 Å². The van der Waals surface area contributed by atoms with E-state index in [0.29, 0.717) is 0 Å². The van der Waals surface area contributed by atoms with Gasteiger partial charge in [0.25, 0.3) is 0 Å². The lowest BCUT2D eigenvalue weighted by molar-refractivity contribution is 0.0698. The fraction of sp³-hybridized carbons (Fsp3) is 0. The number of aromatic hydroxyl groups is 1. The van der Waals surface area contributed by atoms with Crippen LogP contribution in [0, 0.1) is 11.6 Å². The highest BCUT2D eigenvalue weighted by molar-refractivity contribution is 6.02. The second kappa shape index (κ2) is 3.41. The van der Waals surface area contributed by atoms with Crippen molar-refractivity contribution in [2.75, 3.05) is 0 Å². The molecule has 0 aliphatic heterocycles. The van der Waals surface area contributed by atoms with E-state index in [2.05, 4.69) is 4.98 Å². The first-order valence-corrected chi connectivity index (χ1v) is 4.21. The van der Waals surface area contributed by atoms with Crippen LogP contribution < -0.4 is 0 Å². The van der Waals surface area contributed by atoms with Gasteiger partial charge in [0.2, 0.25) is 5.88 Å². The molecule has 0 atom stereocenters. The number of benzene rings is 1. The molecule has 6 heteroatoms. The van der Waals surface area contributed by atoms with Crippen molar-refractivity contribution in [1.29, 1.82) is 0 Å². The van der Waals surface area contributed by atoms with Gasteiger partial charge in [-0.2, -0.15) is 0 Å². The van der Waals surface area contributed by atoms with Crippen LogP contribution in [0.2, 0.25) is 0 Å².